The minimum absolute atomic E-state index is 0.119. The molecule has 0 aromatic heterocycles. The number of hydrogen-bond donors (Lipinski definition) is 3. The first-order valence-corrected chi connectivity index (χ1v) is 16.1. The molecule has 3 rings (SSSR count). The molecule has 0 heterocycles. The second kappa shape index (κ2) is 21.2. The topological polar surface area (TPSA) is 61.5 Å². The van der Waals surface area contributed by atoms with Crippen LogP contribution in [0.4, 0.5) is 0 Å². The maximum atomic E-state index is 9.58. The van der Waals surface area contributed by atoms with Crippen LogP contribution in [0.5, 0.6) is 0 Å². The predicted molar refractivity (Wildman–Crippen MR) is 179 cm³/mol. The molecule has 4 heteroatoms. The highest BCUT2D eigenvalue weighted by molar-refractivity contribution is 5.43. The zero-order valence-corrected chi connectivity index (χ0v) is 27.3. The Hall–Kier alpha value is -2.50. The van der Waals surface area contributed by atoms with Gasteiger partial charge in [-0.3, -0.25) is 4.90 Å². The van der Waals surface area contributed by atoms with E-state index < -0.39 is 0 Å². The summed E-state index contributed by atoms with van der Waals surface area (Å²) >= 11 is 0. The van der Waals surface area contributed by atoms with E-state index in [1.165, 1.54) is 33.4 Å². The maximum absolute atomic E-state index is 9.58. The van der Waals surface area contributed by atoms with Gasteiger partial charge in [-0.2, -0.15) is 0 Å². The van der Waals surface area contributed by atoms with Crippen molar-refractivity contribution in [3.05, 3.63) is 106 Å². The number of hydroxylamine groups is 1. The van der Waals surface area contributed by atoms with Crippen molar-refractivity contribution in [3.8, 4) is 0 Å². The summed E-state index contributed by atoms with van der Waals surface area (Å²) in [5, 5.41) is 9.58. The average molecular weight is 562 g/mol. The number of nitrogens with one attached hydrogen (secondary N) is 1. The van der Waals surface area contributed by atoms with Crippen LogP contribution >= 0.6 is 0 Å². The van der Waals surface area contributed by atoms with Crippen LogP contribution in [-0.4, -0.2) is 29.7 Å². The number of nitrogens with two attached hydrogens (primary N) is 1. The first-order chi connectivity index (χ1) is 20.0. The van der Waals surface area contributed by atoms with Gasteiger partial charge in [0.15, 0.2) is 0 Å². The normalized spacial score (nSPS) is 13.0. The van der Waals surface area contributed by atoms with Crippen LogP contribution in [0.1, 0.15) is 126 Å². The van der Waals surface area contributed by atoms with Crippen molar-refractivity contribution >= 4 is 0 Å². The van der Waals surface area contributed by atoms with Crippen molar-refractivity contribution in [3.63, 3.8) is 0 Å². The third-order valence-electron chi connectivity index (χ3n) is 7.97. The number of aryl methyl sites for hydroxylation is 1. The number of nitrogens with zero attached hydrogens (tertiary/aromatic N) is 1. The van der Waals surface area contributed by atoms with Crippen molar-refractivity contribution in [2.24, 2.45) is 5.73 Å². The summed E-state index contributed by atoms with van der Waals surface area (Å²) in [7, 11) is 0. The number of rotatable bonds is 15. The van der Waals surface area contributed by atoms with Gasteiger partial charge in [-0.25, -0.2) is 5.48 Å². The van der Waals surface area contributed by atoms with Crippen molar-refractivity contribution in [2.75, 3.05) is 19.6 Å². The molecule has 0 fully saturated rings. The van der Waals surface area contributed by atoms with Gasteiger partial charge in [0.2, 0.25) is 0 Å². The average Bonchev–Trinajstić information content (AvgIpc) is 3.05. The largest absolute Gasteiger partial charge is 0.326 e. The fourth-order valence-corrected chi connectivity index (χ4v) is 5.45. The minimum atomic E-state index is 0.119. The molecule has 0 aliphatic heterocycles. The first-order valence-electron chi connectivity index (χ1n) is 16.1. The molecule has 0 aliphatic carbocycles. The summed E-state index contributed by atoms with van der Waals surface area (Å²) in [5.41, 5.74) is 16.6. The Balaban J connectivity index is 0.00000201. The van der Waals surface area contributed by atoms with Crippen LogP contribution in [0.3, 0.4) is 0 Å². The van der Waals surface area contributed by atoms with Crippen LogP contribution in [0.25, 0.3) is 0 Å². The number of hydrogen-bond acceptors (Lipinski definition) is 4. The Morgan fingerprint density at radius 1 is 0.683 bits per heavy atom. The molecule has 2 unspecified atom stereocenters. The standard InChI is InChI=1S/C33H47N3O.2C2H6/c1-5-25(3)29-17-9-11-19-31(29)33(32-20-12-10-18-30(32)26(4)6-2)36(23-21-35-37)22-13-16-27-14-7-8-15-28(27)24-34;2*1-2/h7-12,14-15,17-20,25-26,33,35,37H,5-6,13,16,21-24,34H2,1-4H3;2*1-2H3. The third kappa shape index (κ3) is 10.7. The van der Waals surface area contributed by atoms with Crippen LogP contribution in [0.2, 0.25) is 0 Å². The minimum Gasteiger partial charge on any atom is -0.326 e. The molecule has 41 heavy (non-hydrogen) atoms. The Kier molecular flexibility index (Phi) is 18.9. The third-order valence-corrected chi connectivity index (χ3v) is 7.97. The molecule has 0 bridgehead atoms. The molecule has 3 aromatic rings. The van der Waals surface area contributed by atoms with Crippen molar-refractivity contribution in [1.29, 1.82) is 0 Å². The van der Waals surface area contributed by atoms with Crippen LogP contribution in [0, 0.1) is 0 Å². The Labute approximate surface area is 252 Å². The van der Waals surface area contributed by atoms with Gasteiger partial charge in [0.05, 0.1) is 6.04 Å². The van der Waals surface area contributed by atoms with E-state index in [1.54, 1.807) is 0 Å². The Bertz CT molecular complexity index is 1030. The van der Waals surface area contributed by atoms with Crippen molar-refractivity contribution in [1.82, 2.24) is 10.4 Å². The number of benzene rings is 3. The van der Waals surface area contributed by atoms with Gasteiger partial charge in [-0.15, -0.1) is 0 Å². The zero-order valence-electron chi connectivity index (χ0n) is 27.3. The lowest BCUT2D eigenvalue weighted by Gasteiger charge is -2.36. The van der Waals surface area contributed by atoms with Crippen LogP contribution in [-0.2, 0) is 13.0 Å². The molecule has 4 N–H and O–H groups in total. The van der Waals surface area contributed by atoms with E-state index in [0.717, 1.165) is 38.8 Å². The fraction of sp³-hybridized carbons (Fsp3) is 0.514. The van der Waals surface area contributed by atoms with Gasteiger partial charge >= 0.3 is 0 Å². The molecule has 0 saturated carbocycles. The van der Waals surface area contributed by atoms with Gasteiger partial charge in [-0.05, 0) is 77.4 Å². The highest BCUT2D eigenvalue weighted by Gasteiger charge is 2.28. The molecule has 3 aromatic carbocycles. The summed E-state index contributed by atoms with van der Waals surface area (Å²) in [6.45, 7) is 20.0. The molecule has 0 radical (unpaired) electrons. The van der Waals surface area contributed by atoms with E-state index in [9.17, 15) is 5.21 Å². The zero-order chi connectivity index (χ0) is 30.6. The molecule has 0 saturated heterocycles. The Morgan fingerprint density at radius 2 is 1.12 bits per heavy atom. The van der Waals surface area contributed by atoms with E-state index in [2.05, 4.69) is 111 Å². The highest BCUT2D eigenvalue weighted by atomic mass is 16.5. The van der Waals surface area contributed by atoms with E-state index in [0.29, 0.717) is 24.9 Å². The lowest BCUT2D eigenvalue weighted by molar-refractivity contribution is 0.135. The van der Waals surface area contributed by atoms with E-state index >= 15 is 0 Å². The molecular weight excluding hydrogens is 502 g/mol. The smallest absolute Gasteiger partial charge is 0.0607 e. The Morgan fingerprint density at radius 3 is 1.56 bits per heavy atom. The van der Waals surface area contributed by atoms with Crippen molar-refractivity contribution in [2.45, 2.75) is 105 Å². The monoisotopic (exact) mass is 561 g/mol. The summed E-state index contributed by atoms with van der Waals surface area (Å²) in [4.78, 5) is 2.57. The molecular formula is C37H59N3O. The molecule has 0 spiro atoms. The molecule has 4 nitrogen and oxygen atoms in total. The summed E-state index contributed by atoms with van der Waals surface area (Å²) in [6, 6.07) is 26.6. The fourth-order valence-electron chi connectivity index (χ4n) is 5.45. The lowest BCUT2D eigenvalue weighted by atomic mass is 9.82. The highest BCUT2D eigenvalue weighted by Crippen LogP contribution is 2.39. The second-order valence-corrected chi connectivity index (χ2v) is 10.3. The first kappa shape index (κ1) is 36.5. The van der Waals surface area contributed by atoms with Crippen LogP contribution < -0.4 is 11.2 Å². The van der Waals surface area contributed by atoms with Gasteiger partial charge in [0.25, 0.3) is 0 Å². The quantitative estimate of drug-likeness (QED) is 0.162. The molecule has 2 atom stereocenters. The maximum Gasteiger partial charge on any atom is 0.0607 e. The predicted octanol–water partition coefficient (Wildman–Crippen LogP) is 9.23. The van der Waals surface area contributed by atoms with E-state index in [4.69, 9.17) is 5.73 Å². The summed E-state index contributed by atoms with van der Waals surface area (Å²) in [6.07, 6.45) is 4.22. The van der Waals surface area contributed by atoms with Gasteiger partial charge in [-0.1, -0.05) is 128 Å². The molecule has 0 aliphatic rings. The SMILES string of the molecule is CC.CC.CCC(C)c1ccccc1C(c1ccccc1C(C)CC)N(CCCc1ccccc1CN)CCNO. The molecule has 0 amide bonds. The summed E-state index contributed by atoms with van der Waals surface area (Å²) in [5.74, 6) is 0.951. The van der Waals surface area contributed by atoms with Gasteiger partial charge < -0.3 is 10.9 Å². The van der Waals surface area contributed by atoms with E-state index in [-0.39, 0.29) is 6.04 Å². The van der Waals surface area contributed by atoms with E-state index in [1.807, 2.05) is 27.7 Å². The van der Waals surface area contributed by atoms with Crippen LogP contribution in [0.15, 0.2) is 72.8 Å². The second-order valence-electron chi connectivity index (χ2n) is 10.3. The van der Waals surface area contributed by atoms with Gasteiger partial charge in [0.1, 0.15) is 0 Å². The summed E-state index contributed by atoms with van der Waals surface area (Å²) < 4.78 is 0. The lowest BCUT2D eigenvalue weighted by Crippen LogP contribution is -2.37. The molecule has 228 valence electrons. The van der Waals surface area contributed by atoms with Gasteiger partial charge in [0, 0.05) is 19.6 Å². The van der Waals surface area contributed by atoms with Crippen molar-refractivity contribution < 1.29 is 5.21 Å².